The third-order valence-electron chi connectivity index (χ3n) is 1.96. The maximum atomic E-state index is 10.7. The lowest BCUT2D eigenvalue weighted by Gasteiger charge is -2.02. The molecular formula is C8H7BrN4O2. The molecule has 2 aromatic rings. The highest BCUT2D eigenvalue weighted by Crippen LogP contribution is 2.22. The Morgan fingerprint density at radius 3 is 3.00 bits per heavy atom. The first-order valence-electron chi connectivity index (χ1n) is 4.07. The highest BCUT2D eigenvalue weighted by Gasteiger charge is 2.22. The van der Waals surface area contributed by atoms with Gasteiger partial charge in [0.1, 0.15) is 16.3 Å². The zero-order valence-corrected chi connectivity index (χ0v) is 9.05. The van der Waals surface area contributed by atoms with Crippen molar-refractivity contribution in [2.75, 3.05) is 0 Å². The van der Waals surface area contributed by atoms with Gasteiger partial charge in [0.15, 0.2) is 5.65 Å². The fourth-order valence-electron chi connectivity index (χ4n) is 1.21. The van der Waals surface area contributed by atoms with Gasteiger partial charge in [0, 0.05) is 12.4 Å². The summed E-state index contributed by atoms with van der Waals surface area (Å²) in [6.45, 7) is 0. The number of carboxylic acid groups (broad SMARTS) is 1. The number of aromatic nitrogens is 3. The minimum absolute atomic E-state index is 0.288. The van der Waals surface area contributed by atoms with Gasteiger partial charge in [-0.15, -0.1) is 0 Å². The number of aliphatic carboxylic acids is 1. The molecular weight excluding hydrogens is 264 g/mol. The molecule has 0 bridgehead atoms. The molecule has 2 aromatic heterocycles. The van der Waals surface area contributed by atoms with Gasteiger partial charge in [0.2, 0.25) is 0 Å². The maximum absolute atomic E-state index is 10.7. The van der Waals surface area contributed by atoms with E-state index in [1.54, 1.807) is 16.8 Å². The summed E-state index contributed by atoms with van der Waals surface area (Å²) in [5.41, 5.74) is 6.32. The van der Waals surface area contributed by atoms with Crippen molar-refractivity contribution < 1.29 is 9.90 Å². The number of nitrogens with two attached hydrogens (primary N) is 1. The number of imidazole rings is 1. The largest absolute Gasteiger partial charge is 0.480 e. The Hall–Kier alpha value is -1.47. The van der Waals surface area contributed by atoms with E-state index >= 15 is 0 Å². The molecule has 0 aliphatic rings. The summed E-state index contributed by atoms with van der Waals surface area (Å²) < 4.78 is 2.21. The Bertz CT molecular complexity index is 524. The van der Waals surface area contributed by atoms with Crippen LogP contribution in [0.25, 0.3) is 5.65 Å². The molecule has 15 heavy (non-hydrogen) atoms. The molecule has 0 aliphatic carbocycles. The molecule has 78 valence electrons. The molecule has 1 unspecified atom stereocenters. The van der Waals surface area contributed by atoms with Crippen molar-refractivity contribution in [3.8, 4) is 0 Å². The van der Waals surface area contributed by atoms with Crippen LogP contribution in [0.2, 0.25) is 0 Å². The number of rotatable bonds is 2. The third kappa shape index (κ3) is 1.59. The number of fused-ring (bicyclic) bond motifs is 1. The molecule has 1 atom stereocenters. The molecule has 6 nitrogen and oxygen atoms in total. The predicted molar refractivity (Wildman–Crippen MR) is 55.3 cm³/mol. The lowest BCUT2D eigenvalue weighted by molar-refractivity contribution is -0.138. The first kappa shape index (κ1) is 10.1. The molecule has 0 radical (unpaired) electrons. The highest BCUT2D eigenvalue weighted by molar-refractivity contribution is 9.10. The number of hydrogen-bond acceptors (Lipinski definition) is 4. The van der Waals surface area contributed by atoms with E-state index in [1.807, 2.05) is 0 Å². The second-order valence-corrected chi connectivity index (χ2v) is 3.66. The van der Waals surface area contributed by atoms with E-state index in [1.165, 1.54) is 6.20 Å². The van der Waals surface area contributed by atoms with Gasteiger partial charge in [-0.2, -0.15) is 0 Å². The van der Waals surface area contributed by atoms with Crippen molar-refractivity contribution in [2.24, 2.45) is 5.73 Å². The minimum Gasteiger partial charge on any atom is -0.480 e. The molecule has 7 heteroatoms. The Labute approximate surface area is 92.9 Å². The topological polar surface area (TPSA) is 93.5 Å². The van der Waals surface area contributed by atoms with E-state index in [-0.39, 0.29) is 5.69 Å². The Kier molecular flexibility index (Phi) is 2.41. The van der Waals surface area contributed by atoms with Crippen LogP contribution in [0.3, 0.4) is 0 Å². The van der Waals surface area contributed by atoms with Crippen LogP contribution in [0.1, 0.15) is 11.7 Å². The Morgan fingerprint density at radius 1 is 1.67 bits per heavy atom. The van der Waals surface area contributed by atoms with Crippen molar-refractivity contribution >= 4 is 27.5 Å². The zero-order valence-electron chi connectivity index (χ0n) is 7.46. The second-order valence-electron chi connectivity index (χ2n) is 2.91. The zero-order chi connectivity index (χ0) is 11.0. The SMILES string of the molecule is NC(C(=O)O)c1nc2cnccn2c1Br. The number of nitrogens with zero attached hydrogens (tertiary/aromatic N) is 3. The summed E-state index contributed by atoms with van der Waals surface area (Å²) in [5.74, 6) is -1.12. The summed E-state index contributed by atoms with van der Waals surface area (Å²) >= 11 is 3.25. The van der Waals surface area contributed by atoms with Gasteiger partial charge in [0.25, 0.3) is 0 Å². The summed E-state index contributed by atoms with van der Waals surface area (Å²) in [6, 6.07) is -1.14. The minimum atomic E-state index is -1.14. The van der Waals surface area contributed by atoms with Crippen LogP contribution in [-0.4, -0.2) is 25.4 Å². The summed E-state index contributed by atoms with van der Waals surface area (Å²) in [7, 11) is 0. The molecule has 0 fully saturated rings. The van der Waals surface area contributed by atoms with Crippen molar-refractivity contribution in [1.82, 2.24) is 14.4 Å². The lowest BCUT2D eigenvalue weighted by Crippen LogP contribution is -2.21. The summed E-state index contributed by atoms with van der Waals surface area (Å²) in [5, 5.41) is 8.77. The molecule has 0 saturated heterocycles. The molecule has 0 saturated carbocycles. The molecule has 0 aromatic carbocycles. The van der Waals surface area contributed by atoms with Gasteiger partial charge >= 0.3 is 5.97 Å². The number of carboxylic acids is 1. The number of hydrogen-bond donors (Lipinski definition) is 2. The number of carbonyl (C=O) groups is 1. The van der Waals surface area contributed by atoms with E-state index in [4.69, 9.17) is 10.8 Å². The van der Waals surface area contributed by atoms with Crippen molar-refractivity contribution in [3.63, 3.8) is 0 Å². The smallest absolute Gasteiger partial charge is 0.326 e. The normalized spacial score (nSPS) is 12.9. The molecule has 2 rings (SSSR count). The molecule has 0 aliphatic heterocycles. The predicted octanol–water partition coefficient (Wildman–Crippen LogP) is 0.576. The summed E-state index contributed by atoms with van der Waals surface area (Å²) in [6.07, 6.45) is 4.78. The standard InChI is InChI=1S/C8H7BrN4O2/c9-7-6(5(10)8(14)15)12-4-3-11-1-2-13(4)7/h1-3,5H,10H2,(H,14,15). The van der Waals surface area contributed by atoms with Crippen molar-refractivity contribution in [2.45, 2.75) is 6.04 Å². The van der Waals surface area contributed by atoms with E-state index < -0.39 is 12.0 Å². The molecule has 2 heterocycles. The van der Waals surface area contributed by atoms with Crippen molar-refractivity contribution in [1.29, 1.82) is 0 Å². The van der Waals surface area contributed by atoms with E-state index in [0.717, 1.165) is 0 Å². The van der Waals surface area contributed by atoms with E-state index in [2.05, 4.69) is 25.9 Å². The van der Waals surface area contributed by atoms with E-state index in [0.29, 0.717) is 10.3 Å². The first-order valence-corrected chi connectivity index (χ1v) is 4.86. The maximum Gasteiger partial charge on any atom is 0.326 e. The van der Waals surface area contributed by atoms with Crippen LogP contribution < -0.4 is 5.73 Å². The third-order valence-corrected chi connectivity index (χ3v) is 2.75. The van der Waals surface area contributed by atoms with Gasteiger partial charge in [-0.05, 0) is 15.9 Å². The average Bonchev–Trinajstić information content (AvgIpc) is 2.56. The fourth-order valence-corrected chi connectivity index (χ4v) is 1.85. The van der Waals surface area contributed by atoms with Crippen LogP contribution in [0.5, 0.6) is 0 Å². The molecule has 3 N–H and O–H groups in total. The lowest BCUT2D eigenvalue weighted by atomic mass is 10.2. The highest BCUT2D eigenvalue weighted by atomic mass is 79.9. The monoisotopic (exact) mass is 270 g/mol. The Morgan fingerprint density at radius 2 is 2.40 bits per heavy atom. The van der Waals surface area contributed by atoms with Gasteiger partial charge < -0.3 is 10.8 Å². The van der Waals surface area contributed by atoms with Crippen LogP contribution in [0.4, 0.5) is 0 Å². The molecule has 0 amide bonds. The summed E-state index contributed by atoms with van der Waals surface area (Å²) in [4.78, 5) is 18.7. The Balaban J connectivity index is 2.63. The van der Waals surface area contributed by atoms with Gasteiger partial charge in [-0.25, -0.2) is 4.98 Å². The second kappa shape index (κ2) is 3.59. The van der Waals surface area contributed by atoms with Gasteiger partial charge in [0.05, 0.1) is 6.20 Å². The van der Waals surface area contributed by atoms with Crippen molar-refractivity contribution in [3.05, 3.63) is 28.9 Å². The van der Waals surface area contributed by atoms with Gasteiger partial charge in [-0.1, -0.05) is 0 Å². The number of halogens is 1. The molecule has 0 spiro atoms. The van der Waals surface area contributed by atoms with Crippen LogP contribution >= 0.6 is 15.9 Å². The fraction of sp³-hybridized carbons (Fsp3) is 0.125. The van der Waals surface area contributed by atoms with Crippen LogP contribution in [-0.2, 0) is 4.79 Å². The van der Waals surface area contributed by atoms with Crippen LogP contribution in [0, 0.1) is 0 Å². The van der Waals surface area contributed by atoms with E-state index in [9.17, 15) is 4.79 Å². The quantitative estimate of drug-likeness (QED) is 0.833. The van der Waals surface area contributed by atoms with Crippen LogP contribution in [0.15, 0.2) is 23.2 Å². The van der Waals surface area contributed by atoms with Gasteiger partial charge in [-0.3, -0.25) is 14.2 Å². The first-order chi connectivity index (χ1) is 7.11. The average molecular weight is 271 g/mol.